The fraction of sp³-hybridized carbons (Fsp3) is 0.235. The largest absolute Gasteiger partial charge is 0.339 e. The number of aromatic nitrogens is 2. The van der Waals surface area contributed by atoms with Crippen LogP contribution in [0.4, 0.5) is 11.5 Å². The van der Waals surface area contributed by atoms with E-state index in [4.69, 9.17) is 0 Å². The van der Waals surface area contributed by atoms with Gasteiger partial charge in [0.1, 0.15) is 17.0 Å². The number of hydrogen-bond acceptors (Lipinski definition) is 6. The van der Waals surface area contributed by atoms with Gasteiger partial charge in [-0.05, 0) is 57.7 Å². The second-order valence-corrected chi connectivity index (χ2v) is 7.90. The van der Waals surface area contributed by atoms with Crippen molar-refractivity contribution in [3.05, 3.63) is 44.5 Å². The summed E-state index contributed by atoms with van der Waals surface area (Å²) >= 11 is 5.43. The molecule has 1 aromatic carbocycles. The highest BCUT2D eigenvalue weighted by Crippen LogP contribution is 2.38. The van der Waals surface area contributed by atoms with Crippen molar-refractivity contribution >= 4 is 55.2 Å². The highest BCUT2D eigenvalue weighted by atomic mass is 79.9. The first-order chi connectivity index (χ1) is 11.8. The predicted octanol–water partition coefficient (Wildman–Crippen LogP) is 3.78. The lowest BCUT2D eigenvalue weighted by molar-refractivity contribution is 0.657. The van der Waals surface area contributed by atoms with Crippen LogP contribution < -0.4 is 10.6 Å². The maximum atomic E-state index is 4.53. The number of hydrogen-bond donors (Lipinski definition) is 2. The molecule has 4 heterocycles. The molecule has 0 spiro atoms. The number of thiophene rings is 1. The molecule has 0 saturated heterocycles. The van der Waals surface area contributed by atoms with Gasteiger partial charge in [0.2, 0.25) is 0 Å². The van der Waals surface area contributed by atoms with Crippen molar-refractivity contribution in [3.63, 3.8) is 0 Å². The second-order valence-electron chi connectivity index (χ2n) is 5.96. The van der Waals surface area contributed by atoms with E-state index in [9.17, 15) is 0 Å². The SMILES string of the molecule is Brc1cc2c(cc1Nc1ncnc3sc4c(c13)CCNC4)C=NC2. The van der Waals surface area contributed by atoms with Gasteiger partial charge >= 0.3 is 0 Å². The van der Waals surface area contributed by atoms with Crippen LogP contribution in [0.2, 0.25) is 0 Å². The van der Waals surface area contributed by atoms with Crippen LogP contribution in [-0.2, 0) is 19.5 Å². The minimum Gasteiger partial charge on any atom is -0.339 e. The minimum absolute atomic E-state index is 0.761. The molecule has 0 fully saturated rings. The molecule has 0 aliphatic carbocycles. The van der Waals surface area contributed by atoms with Crippen LogP contribution >= 0.6 is 27.3 Å². The Kier molecular flexibility index (Phi) is 3.39. The summed E-state index contributed by atoms with van der Waals surface area (Å²) in [4.78, 5) is 15.8. The van der Waals surface area contributed by atoms with Crippen LogP contribution in [0, 0.1) is 0 Å². The fourth-order valence-corrected chi connectivity index (χ4v) is 4.95. The van der Waals surface area contributed by atoms with E-state index in [1.54, 1.807) is 17.7 Å². The third-order valence-corrected chi connectivity index (χ3v) is 6.28. The first kappa shape index (κ1) is 14.5. The first-order valence-corrected chi connectivity index (χ1v) is 9.46. The number of rotatable bonds is 2. The molecule has 5 nitrogen and oxygen atoms in total. The summed E-state index contributed by atoms with van der Waals surface area (Å²) in [5.41, 5.74) is 4.81. The predicted molar refractivity (Wildman–Crippen MR) is 102 cm³/mol. The van der Waals surface area contributed by atoms with Crippen molar-refractivity contribution in [2.45, 2.75) is 19.5 Å². The van der Waals surface area contributed by atoms with E-state index in [0.717, 1.165) is 46.9 Å². The van der Waals surface area contributed by atoms with Crippen molar-refractivity contribution in [1.82, 2.24) is 15.3 Å². The monoisotopic (exact) mass is 399 g/mol. The van der Waals surface area contributed by atoms with Crippen molar-refractivity contribution in [1.29, 1.82) is 0 Å². The summed E-state index contributed by atoms with van der Waals surface area (Å²) in [6, 6.07) is 4.26. The molecular formula is C17H14BrN5S. The fourth-order valence-electron chi connectivity index (χ4n) is 3.31. The van der Waals surface area contributed by atoms with Gasteiger partial charge < -0.3 is 10.6 Å². The summed E-state index contributed by atoms with van der Waals surface area (Å²) in [7, 11) is 0. The lowest BCUT2D eigenvalue weighted by Crippen LogP contribution is -2.22. The summed E-state index contributed by atoms with van der Waals surface area (Å²) in [6.45, 7) is 2.69. The Morgan fingerprint density at radius 1 is 1.25 bits per heavy atom. The Bertz CT molecular complexity index is 994. The van der Waals surface area contributed by atoms with E-state index in [1.807, 2.05) is 6.21 Å². The Hall–Kier alpha value is -1.83. The Labute approximate surface area is 151 Å². The van der Waals surface area contributed by atoms with Gasteiger partial charge in [-0.3, -0.25) is 4.99 Å². The lowest BCUT2D eigenvalue weighted by Gasteiger charge is -2.14. The molecule has 24 heavy (non-hydrogen) atoms. The van der Waals surface area contributed by atoms with Crippen molar-refractivity contribution in [3.8, 4) is 0 Å². The molecule has 7 heteroatoms. The molecular weight excluding hydrogens is 386 g/mol. The Morgan fingerprint density at radius 2 is 2.21 bits per heavy atom. The highest BCUT2D eigenvalue weighted by Gasteiger charge is 2.20. The van der Waals surface area contributed by atoms with Gasteiger partial charge in [0.25, 0.3) is 0 Å². The molecule has 0 amide bonds. The summed E-state index contributed by atoms with van der Waals surface area (Å²) in [5.74, 6) is 0.884. The van der Waals surface area contributed by atoms with E-state index < -0.39 is 0 Å². The Morgan fingerprint density at radius 3 is 3.17 bits per heavy atom. The average molecular weight is 400 g/mol. The van der Waals surface area contributed by atoms with Gasteiger partial charge in [-0.2, -0.15) is 0 Å². The molecule has 3 aromatic rings. The van der Waals surface area contributed by atoms with Crippen LogP contribution in [-0.4, -0.2) is 22.7 Å². The minimum atomic E-state index is 0.761. The number of fused-ring (bicyclic) bond motifs is 4. The van der Waals surface area contributed by atoms with Gasteiger partial charge in [0.15, 0.2) is 0 Å². The maximum Gasteiger partial charge on any atom is 0.142 e. The zero-order valence-corrected chi connectivity index (χ0v) is 15.2. The van der Waals surface area contributed by atoms with E-state index in [1.165, 1.54) is 27.0 Å². The molecule has 0 atom stereocenters. The Balaban J connectivity index is 1.63. The van der Waals surface area contributed by atoms with Crippen molar-refractivity contribution < 1.29 is 0 Å². The molecule has 0 saturated carbocycles. The van der Waals surface area contributed by atoms with Crippen LogP contribution in [0.3, 0.4) is 0 Å². The van der Waals surface area contributed by atoms with Crippen LogP contribution in [0.1, 0.15) is 21.6 Å². The number of nitrogens with zero attached hydrogens (tertiary/aromatic N) is 3. The van der Waals surface area contributed by atoms with Gasteiger partial charge in [0.05, 0.1) is 17.6 Å². The number of halogens is 1. The maximum absolute atomic E-state index is 4.53. The van der Waals surface area contributed by atoms with Gasteiger partial charge in [-0.1, -0.05) is 0 Å². The van der Waals surface area contributed by atoms with E-state index >= 15 is 0 Å². The first-order valence-electron chi connectivity index (χ1n) is 7.85. The summed E-state index contributed by atoms with van der Waals surface area (Å²) in [6.07, 6.45) is 4.60. The molecule has 2 N–H and O–H groups in total. The zero-order valence-electron chi connectivity index (χ0n) is 12.8. The molecule has 0 radical (unpaired) electrons. The molecule has 2 aliphatic heterocycles. The van der Waals surface area contributed by atoms with Crippen LogP contribution in [0.15, 0.2) is 27.9 Å². The number of anilines is 2. The molecule has 0 bridgehead atoms. The lowest BCUT2D eigenvalue weighted by atomic mass is 10.1. The molecule has 2 aromatic heterocycles. The van der Waals surface area contributed by atoms with E-state index in [0.29, 0.717) is 0 Å². The number of aliphatic imine (C=N–C) groups is 1. The highest BCUT2D eigenvalue weighted by molar-refractivity contribution is 9.10. The van der Waals surface area contributed by atoms with E-state index in [-0.39, 0.29) is 0 Å². The number of benzene rings is 1. The zero-order chi connectivity index (χ0) is 16.1. The van der Waals surface area contributed by atoms with Gasteiger partial charge in [-0.25, -0.2) is 9.97 Å². The van der Waals surface area contributed by atoms with Crippen molar-refractivity contribution in [2.24, 2.45) is 4.99 Å². The van der Waals surface area contributed by atoms with Crippen LogP contribution in [0.5, 0.6) is 0 Å². The van der Waals surface area contributed by atoms with Crippen molar-refractivity contribution in [2.75, 3.05) is 11.9 Å². The second kappa shape index (κ2) is 5.61. The topological polar surface area (TPSA) is 62.2 Å². The summed E-state index contributed by atoms with van der Waals surface area (Å²) in [5, 5.41) is 8.10. The molecule has 0 unspecified atom stereocenters. The molecule has 2 aliphatic rings. The average Bonchev–Trinajstić information content (AvgIpc) is 3.19. The third-order valence-electron chi connectivity index (χ3n) is 4.48. The molecule has 5 rings (SSSR count). The standard InChI is InChI=1S/C17H14BrN5S/c18-12-3-9-5-20-6-10(9)4-13(12)23-16-15-11-1-2-19-7-14(11)24-17(15)22-8-21-16/h3-4,6,8,19H,1-2,5,7H2,(H,21,22,23). The third kappa shape index (κ3) is 2.27. The van der Waals surface area contributed by atoms with Gasteiger partial charge in [0, 0.05) is 22.1 Å². The van der Waals surface area contributed by atoms with Crippen LogP contribution in [0.25, 0.3) is 10.2 Å². The van der Waals surface area contributed by atoms with E-state index in [2.05, 4.69) is 53.7 Å². The summed E-state index contributed by atoms with van der Waals surface area (Å²) < 4.78 is 1.03. The number of nitrogens with one attached hydrogen (secondary N) is 2. The molecule has 120 valence electrons. The normalized spacial score (nSPS) is 15.5. The van der Waals surface area contributed by atoms with Gasteiger partial charge in [-0.15, -0.1) is 11.3 Å². The quantitative estimate of drug-likeness (QED) is 0.688. The smallest absolute Gasteiger partial charge is 0.142 e.